The molecule has 0 aliphatic heterocycles. The van der Waals surface area contributed by atoms with Crippen LogP contribution in [0.1, 0.15) is 52.6 Å². The first-order chi connectivity index (χ1) is 12.6. The first-order valence-corrected chi connectivity index (χ1v) is 8.77. The van der Waals surface area contributed by atoms with Gasteiger partial charge in [-0.25, -0.2) is 4.79 Å². The number of rotatable bonds is 5. The van der Waals surface area contributed by atoms with E-state index in [-0.39, 0.29) is 18.3 Å². The van der Waals surface area contributed by atoms with Gasteiger partial charge in [-0.3, -0.25) is 9.59 Å². The van der Waals surface area contributed by atoms with Crippen molar-refractivity contribution in [3.8, 4) is 0 Å². The van der Waals surface area contributed by atoms with Crippen LogP contribution in [0.3, 0.4) is 0 Å². The molecule has 0 spiro atoms. The van der Waals surface area contributed by atoms with E-state index in [4.69, 9.17) is 4.74 Å². The summed E-state index contributed by atoms with van der Waals surface area (Å²) >= 11 is 0. The molecule has 2 rings (SSSR count). The zero-order valence-corrected chi connectivity index (χ0v) is 16.4. The van der Waals surface area contributed by atoms with E-state index in [2.05, 4.69) is 5.32 Å². The maximum atomic E-state index is 12.2. The minimum absolute atomic E-state index is 0.108. The number of ether oxygens (including phenoxy) is 1. The zero-order valence-electron chi connectivity index (χ0n) is 16.4. The Bertz CT molecular complexity index is 861. The van der Waals surface area contributed by atoms with E-state index in [9.17, 15) is 14.4 Å². The van der Waals surface area contributed by atoms with Gasteiger partial charge in [-0.05, 0) is 61.4 Å². The third kappa shape index (κ3) is 5.51. The van der Waals surface area contributed by atoms with Gasteiger partial charge < -0.3 is 10.1 Å². The summed E-state index contributed by atoms with van der Waals surface area (Å²) in [6.07, 6.45) is 0. The van der Waals surface area contributed by atoms with Crippen molar-refractivity contribution in [2.75, 3.05) is 11.9 Å². The number of hydrogen-bond acceptors (Lipinski definition) is 4. The Morgan fingerprint density at radius 1 is 0.889 bits per heavy atom. The minimum Gasteiger partial charge on any atom is -0.454 e. The Morgan fingerprint density at radius 2 is 1.48 bits per heavy atom. The molecule has 1 N–H and O–H groups in total. The van der Waals surface area contributed by atoms with E-state index in [1.807, 2.05) is 40.7 Å². The Labute approximate surface area is 159 Å². The molecule has 0 aliphatic carbocycles. The number of amides is 1. The number of ketones is 1. The van der Waals surface area contributed by atoms with Crippen LogP contribution in [-0.2, 0) is 9.53 Å². The lowest BCUT2D eigenvalue weighted by Crippen LogP contribution is -2.27. The van der Waals surface area contributed by atoms with Crippen molar-refractivity contribution in [3.05, 3.63) is 64.7 Å². The number of esters is 1. The van der Waals surface area contributed by atoms with Gasteiger partial charge in [0.1, 0.15) is 0 Å². The van der Waals surface area contributed by atoms with Gasteiger partial charge in [0.2, 0.25) is 5.91 Å². The molecule has 27 heavy (non-hydrogen) atoms. The maximum absolute atomic E-state index is 12.2. The third-order valence-corrected chi connectivity index (χ3v) is 4.22. The highest BCUT2D eigenvalue weighted by Crippen LogP contribution is 2.18. The second-order valence-corrected chi connectivity index (χ2v) is 7.58. The molecule has 0 saturated carbocycles. The van der Waals surface area contributed by atoms with Crippen LogP contribution in [0.15, 0.2) is 42.5 Å². The van der Waals surface area contributed by atoms with Gasteiger partial charge in [0, 0.05) is 16.7 Å². The standard InChI is InChI=1S/C22H25NO4/c1-14-6-7-17(12-15(14)2)20(25)27-13-19(24)16-8-10-18(11-9-16)23-21(26)22(3,4)5/h6-12H,13H2,1-5H3,(H,23,26). The van der Waals surface area contributed by atoms with Crippen molar-refractivity contribution < 1.29 is 19.1 Å². The molecular formula is C22H25NO4. The summed E-state index contributed by atoms with van der Waals surface area (Å²) in [6.45, 7) is 9.01. The summed E-state index contributed by atoms with van der Waals surface area (Å²) < 4.78 is 5.12. The fourth-order valence-corrected chi connectivity index (χ4v) is 2.22. The normalized spacial score (nSPS) is 11.0. The molecule has 142 valence electrons. The van der Waals surface area contributed by atoms with Gasteiger partial charge in [0.25, 0.3) is 0 Å². The quantitative estimate of drug-likeness (QED) is 0.631. The molecule has 0 aliphatic rings. The Balaban J connectivity index is 1.95. The van der Waals surface area contributed by atoms with Crippen LogP contribution in [0, 0.1) is 19.3 Å². The average Bonchev–Trinajstić information content (AvgIpc) is 2.61. The first kappa shape index (κ1) is 20.4. The largest absolute Gasteiger partial charge is 0.454 e. The average molecular weight is 367 g/mol. The number of hydrogen-bond donors (Lipinski definition) is 1. The molecule has 0 bridgehead atoms. The molecule has 5 nitrogen and oxygen atoms in total. The molecule has 0 aromatic heterocycles. The van der Waals surface area contributed by atoms with E-state index in [0.717, 1.165) is 11.1 Å². The first-order valence-electron chi connectivity index (χ1n) is 8.77. The summed E-state index contributed by atoms with van der Waals surface area (Å²) in [5, 5.41) is 2.79. The lowest BCUT2D eigenvalue weighted by molar-refractivity contribution is -0.123. The summed E-state index contributed by atoms with van der Waals surface area (Å²) in [6, 6.07) is 11.8. The topological polar surface area (TPSA) is 72.5 Å². The van der Waals surface area contributed by atoms with E-state index in [1.54, 1.807) is 36.4 Å². The summed E-state index contributed by atoms with van der Waals surface area (Å²) in [5.74, 6) is -0.940. The second-order valence-electron chi connectivity index (χ2n) is 7.58. The van der Waals surface area contributed by atoms with Crippen molar-refractivity contribution in [2.24, 2.45) is 5.41 Å². The Hall–Kier alpha value is -2.95. The van der Waals surface area contributed by atoms with Crippen LogP contribution in [0.25, 0.3) is 0 Å². The Kier molecular flexibility index (Phi) is 6.16. The van der Waals surface area contributed by atoms with Crippen LogP contribution < -0.4 is 5.32 Å². The molecule has 2 aromatic carbocycles. The number of carbonyl (C=O) groups excluding carboxylic acids is 3. The molecule has 0 atom stereocenters. The van der Waals surface area contributed by atoms with Crippen molar-refractivity contribution in [1.82, 2.24) is 0 Å². The molecular weight excluding hydrogens is 342 g/mol. The summed E-state index contributed by atoms with van der Waals surface area (Å²) in [7, 11) is 0. The molecule has 1 amide bonds. The van der Waals surface area contributed by atoms with Gasteiger partial charge in [-0.1, -0.05) is 26.8 Å². The Morgan fingerprint density at radius 3 is 2.04 bits per heavy atom. The monoisotopic (exact) mass is 367 g/mol. The van der Waals surface area contributed by atoms with Gasteiger partial charge in [0.05, 0.1) is 5.56 Å². The number of carbonyl (C=O) groups is 3. The SMILES string of the molecule is Cc1ccc(C(=O)OCC(=O)c2ccc(NC(=O)C(C)(C)C)cc2)cc1C. The molecule has 2 aromatic rings. The lowest BCUT2D eigenvalue weighted by atomic mass is 9.95. The fourth-order valence-electron chi connectivity index (χ4n) is 2.22. The highest BCUT2D eigenvalue weighted by atomic mass is 16.5. The van der Waals surface area contributed by atoms with Crippen LogP contribution in [-0.4, -0.2) is 24.3 Å². The zero-order chi connectivity index (χ0) is 20.2. The van der Waals surface area contributed by atoms with Crippen LogP contribution >= 0.6 is 0 Å². The summed E-state index contributed by atoms with van der Waals surface area (Å²) in [4.78, 5) is 36.3. The molecule has 0 fully saturated rings. The van der Waals surface area contributed by atoms with E-state index in [1.165, 1.54) is 0 Å². The number of aryl methyl sites for hydroxylation is 2. The molecule has 0 saturated heterocycles. The van der Waals surface area contributed by atoms with Crippen molar-refractivity contribution in [3.63, 3.8) is 0 Å². The highest BCUT2D eigenvalue weighted by molar-refractivity contribution is 6.00. The number of Topliss-reactive ketones (excluding diaryl/α,β-unsaturated/α-hetero) is 1. The number of anilines is 1. The second kappa shape index (κ2) is 8.16. The van der Waals surface area contributed by atoms with Crippen molar-refractivity contribution in [2.45, 2.75) is 34.6 Å². The fraction of sp³-hybridized carbons (Fsp3) is 0.318. The number of benzene rings is 2. The smallest absolute Gasteiger partial charge is 0.338 e. The van der Waals surface area contributed by atoms with Gasteiger partial charge in [-0.15, -0.1) is 0 Å². The third-order valence-electron chi connectivity index (χ3n) is 4.22. The molecule has 5 heteroatoms. The minimum atomic E-state index is -0.527. The van der Waals surface area contributed by atoms with E-state index >= 15 is 0 Å². The van der Waals surface area contributed by atoms with E-state index in [0.29, 0.717) is 16.8 Å². The van der Waals surface area contributed by atoms with Gasteiger partial charge >= 0.3 is 5.97 Å². The maximum Gasteiger partial charge on any atom is 0.338 e. The van der Waals surface area contributed by atoms with Crippen LogP contribution in [0.2, 0.25) is 0 Å². The van der Waals surface area contributed by atoms with Gasteiger partial charge in [0.15, 0.2) is 12.4 Å². The molecule has 0 unspecified atom stereocenters. The van der Waals surface area contributed by atoms with Gasteiger partial charge in [-0.2, -0.15) is 0 Å². The highest BCUT2D eigenvalue weighted by Gasteiger charge is 2.21. The van der Waals surface area contributed by atoms with Crippen LogP contribution in [0.5, 0.6) is 0 Å². The summed E-state index contributed by atoms with van der Waals surface area (Å²) in [5.41, 5.74) is 3.02. The van der Waals surface area contributed by atoms with Crippen molar-refractivity contribution in [1.29, 1.82) is 0 Å². The lowest BCUT2D eigenvalue weighted by Gasteiger charge is -2.17. The van der Waals surface area contributed by atoms with E-state index < -0.39 is 11.4 Å². The van der Waals surface area contributed by atoms with Crippen molar-refractivity contribution >= 4 is 23.3 Å². The molecule has 0 heterocycles. The molecule has 0 radical (unpaired) electrons. The predicted octanol–water partition coefficient (Wildman–Crippen LogP) is 4.33. The van der Waals surface area contributed by atoms with Crippen LogP contribution in [0.4, 0.5) is 5.69 Å². The predicted molar refractivity (Wildman–Crippen MR) is 105 cm³/mol. The number of nitrogens with one attached hydrogen (secondary N) is 1.